The third kappa shape index (κ3) is 2.45. The molecule has 136 valence electrons. The Labute approximate surface area is 162 Å². The average Bonchev–Trinajstić information content (AvgIpc) is 3.46. The molecule has 6 nitrogen and oxygen atoms in total. The summed E-state index contributed by atoms with van der Waals surface area (Å²) in [5.41, 5.74) is 8.78. The Morgan fingerprint density at radius 1 is 1.07 bits per heavy atom. The van der Waals surface area contributed by atoms with Gasteiger partial charge in [-0.1, -0.05) is 18.2 Å². The molecule has 0 amide bonds. The predicted octanol–water partition coefficient (Wildman–Crippen LogP) is 4.04. The molecule has 0 spiro atoms. The van der Waals surface area contributed by atoms with Crippen LogP contribution < -0.4 is 10.6 Å². The maximum Gasteiger partial charge on any atom is 0.180 e. The molecule has 4 heterocycles. The number of nitrogens with zero attached hydrogens (tertiary/aromatic N) is 4. The maximum atomic E-state index is 4.90. The van der Waals surface area contributed by atoms with Gasteiger partial charge in [0.15, 0.2) is 11.5 Å². The summed E-state index contributed by atoms with van der Waals surface area (Å²) in [6.07, 6.45) is 8.78. The Balaban J connectivity index is 1.43. The number of anilines is 3. The van der Waals surface area contributed by atoms with Crippen LogP contribution in [-0.4, -0.2) is 27.1 Å². The zero-order valence-electron chi connectivity index (χ0n) is 15.2. The second kappa shape index (κ2) is 5.92. The highest BCUT2D eigenvalue weighted by atomic mass is 15.1. The van der Waals surface area contributed by atoms with Gasteiger partial charge < -0.3 is 15.0 Å². The van der Waals surface area contributed by atoms with Crippen LogP contribution in [0.4, 0.5) is 17.2 Å². The molecule has 4 aromatic rings. The first-order chi connectivity index (χ1) is 13.8. The molecule has 0 saturated heterocycles. The van der Waals surface area contributed by atoms with Crippen LogP contribution in [0.3, 0.4) is 0 Å². The lowest BCUT2D eigenvalue weighted by Gasteiger charge is -2.12. The van der Waals surface area contributed by atoms with Gasteiger partial charge in [0, 0.05) is 48.3 Å². The summed E-state index contributed by atoms with van der Waals surface area (Å²) in [6, 6.07) is 12.8. The second-order valence-corrected chi connectivity index (χ2v) is 7.19. The molecule has 0 aliphatic carbocycles. The van der Waals surface area contributed by atoms with Gasteiger partial charge in [0.1, 0.15) is 0 Å². The largest absolute Gasteiger partial charge is 0.384 e. The topological polar surface area (TPSA) is 66.6 Å². The van der Waals surface area contributed by atoms with E-state index < -0.39 is 0 Å². The van der Waals surface area contributed by atoms with Crippen LogP contribution in [0.25, 0.3) is 16.9 Å². The van der Waals surface area contributed by atoms with Crippen LogP contribution in [0.5, 0.6) is 0 Å². The highest BCUT2D eigenvalue weighted by Gasteiger charge is 2.14. The van der Waals surface area contributed by atoms with E-state index in [9.17, 15) is 0 Å². The van der Waals surface area contributed by atoms with E-state index in [4.69, 9.17) is 4.98 Å². The van der Waals surface area contributed by atoms with Crippen molar-refractivity contribution in [1.29, 1.82) is 0 Å². The molecule has 0 atom stereocenters. The van der Waals surface area contributed by atoms with E-state index in [1.807, 2.05) is 23.0 Å². The lowest BCUT2D eigenvalue weighted by atomic mass is 10.0. The van der Waals surface area contributed by atoms with Gasteiger partial charge in [-0.15, -0.1) is 0 Å². The molecular formula is C22H18N6. The monoisotopic (exact) mass is 366 g/mol. The van der Waals surface area contributed by atoms with E-state index >= 15 is 0 Å². The first-order valence-corrected chi connectivity index (χ1v) is 9.44. The van der Waals surface area contributed by atoms with E-state index in [-0.39, 0.29) is 0 Å². The molecule has 0 fully saturated rings. The van der Waals surface area contributed by atoms with Crippen LogP contribution in [0.2, 0.25) is 0 Å². The average molecular weight is 366 g/mol. The minimum Gasteiger partial charge on any atom is -0.384 e. The molecule has 0 unspecified atom stereocenters. The molecule has 0 radical (unpaired) electrons. The molecule has 28 heavy (non-hydrogen) atoms. The van der Waals surface area contributed by atoms with Gasteiger partial charge in [0.25, 0.3) is 0 Å². The van der Waals surface area contributed by atoms with Gasteiger partial charge in [-0.25, -0.2) is 9.97 Å². The fraction of sp³-hybridized carbons (Fsp3) is 0.136. The van der Waals surface area contributed by atoms with Crippen LogP contribution in [0.1, 0.15) is 16.7 Å². The van der Waals surface area contributed by atoms with Crippen molar-refractivity contribution in [2.75, 3.05) is 17.2 Å². The lowest BCUT2D eigenvalue weighted by molar-refractivity contribution is 1.10. The minimum absolute atomic E-state index is 0.740. The number of aliphatic imine (C=N–C) groups is 1. The first kappa shape index (κ1) is 15.4. The summed E-state index contributed by atoms with van der Waals surface area (Å²) in [6.45, 7) is 1.74. The maximum absolute atomic E-state index is 4.90. The molecule has 0 bridgehead atoms. The van der Waals surface area contributed by atoms with Crippen molar-refractivity contribution in [3.05, 3.63) is 71.7 Å². The molecule has 6 heteroatoms. The van der Waals surface area contributed by atoms with Crippen molar-refractivity contribution in [2.45, 2.75) is 13.0 Å². The van der Waals surface area contributed by atoms with E-state index in [0.717, 1.165) is 47.9 Å². The quantitative estimate of drug-likeness (QED) is 0.574. The third-order valence-corrected chi connectivity index (χ3v) is 5.39. The van der Waals surface area contributed by atoms with E-state index in [1.54, 1.807) is 6.20 Å². The molecular weight excluding hydrogens is 348 g/mol. The summed E-state index contributed by atoms with van der Waals surface area (Å²) >= 11 is 0. The number of hydrogen-bond acceptors (Lipinski definition) is 5. The summed E-state index contributed by atoms with van der Waals surface area (Å²) < 4.78 is 2.01. The molecule has 0 saturated carbocycles. The number of aromatic nitrogens is 3. The first-order valence-electron chi connectivity index (χ1n) is 9.44. The van der Waals surface area contributed by atoms with Crippen molar-refractivity contribution in [2.24, 2.45) is 4.99 Å². The fourth-order valence-corrected chi connectivity index (χ4v) is 3.93. The molecule has 2 aliphatic heterocycles. The third-order valence-electron chi connectivity index (χ3n) is 5.39. The van der Waals surface area contributed by atoms with Gasteiger partial charge in [-0.2, -0.15) is 0 Å². The number of imidazole rings is 1. The van der Waals surface area contributed by atoms with Gasteiger partial charge >= 0.3 is 0 Å². The van der Waals surface area contributed by atoms with Crippen LogP contribution in [0.15, 0.2) is 60.0 Å². The molecule has 2 N–H and O–H groups in total. The lowest BCUT2D eigenvalue weighted by Crippen LogP contribution is -2.01. The zero-order valence-corrected chi connectivity index (χ0v) is 15.2. The molecule has 2 aromatic heterocycles. The predicted molar refractivity (Wildman–Crippen MR) is 112 cm³/mol. The smallest absolute Gasteiger partial charge is 0.180 e. The van der Waals surface area contributed by atoms with Gasteiger partial charge in [-0.05, 0) is 41.3 Å². The standard InChI is InChI=1S/C22H18N6/c1-2-16-11-23-12-17(16)9-15(1)20-13-28-8-7-25-22(28)21(27-20)26-18-4-3-14-5-6-24-19(14)10-18/h1-4,7-11,13,24H,5-6,12H2,(H,26,27). The Kier molecular flexibility index (Phi) is 3.25. The normalized spacial score (nSPS) is 14.1. The van der Waals surface area contributed by atoms with Crippen LogP contribution in [0, 0.1) is 0 Å². The van der Waals surface area contributed by atoms with Crippen LogP contribution in [-0.2, 0) is 13.0 Å². The zero-order chi connectivity index (χ0) is 18.5. The summed E-state index contributed by atoms with van der Waals surface area (Å²) in [4.78, 5) is 13.7. The molecule has 2 aromatic carbocycles. The number of rotatable bonds is 3. The van der Waals surface area contributed by atoms with Crippen molar-refractivity contribution in [3.63, 3.8) is 0 Å². The highest BCUT2D eigenvalue weighted by molar-refractivity contribution is 5.86. The number of hydrogen-bond donors (Lipinski definition) is 2. The highest BCUT2D eigenvalue weighted by Crippen LogP contribution is 2.30. The molecule has 2 aliphatic rings. The van der Waals surface area contributed by atoms with Gasteiger partial charge in [0.2, 0.25) is 0 Å². The van der Waals surface area contributed by atoms with E-state index in [2.05, 4.69) is 57.0 Å². The SMILES string of the molecule is C1=NCc2cc(-c3cn4ccnc4c(Nc4ccc5c(c4)NCC5)n3)ccc21. The van der Waals surface area contributed by atoms with Crippen LogP contribution >= 0.6 is 0 Å². The van der Waals surface area contributed by atoms with E-state index in [0.29, 0.717) is 0 Å². The Morgan fingerprint density at radius 2 is 2.07 bits per heavy atom. The number of benzene rings is 2. The van der Waals surface area contributed by atoms with Gasteiger partial charge in [0.05, 0.1) is 12.2 Å². The number of nitrogens with one attached hydrogen (secondary N) is 2. The van der Waals surface area contributed by atoms with E-state index in [1.165, 1.54) is 22.4 Å². The number of fused-ring (bicyclic) bond motifs is 3. The Morgan fingerprint density at radius 3 is 3.07 bits per heavy atom. The van der Waals surface area contributed by atoms with Crippen molar-refractivity contribution < 1.29 is 0 Å². The van der Waals surface area contributed by atoms with Gasteiger partial charge in [-0.3, -0.25) is 4.99 Å². The minimum atomic E-state index is 0.740. The summed E-state index contributed by atoms with van der Waals surface area (Å²) in [5, 5.41) is 6.89. The Hall–Kier alpha value is -3.67. The van der Waals surface area contributed by atoms with Crippen molar-refractivity contribution >= 4 is 29.1 Å². The van der Waals surface area contributed by atoms with Crippen molar-refractivity contribution in [1.82, 2.24) is 14.4 Å². The Bertz CT molecular complexity index is 1250. The fourth-order valence-electron chi connectivity index (χ4n) is 3.93. The molecule has 6 rings (SSSR count). The second-order valence-electron chi connectivity index (χ2n) is 7.19. The van der Waals surface area contributed by atoms with Crippen molar-refractivity contribution in [3.8, 4) is 11.3 Å². The summed E-state index contributed by atoms with van der Waals surface area (Å²) in [5.74, 6) is 0.747. The summed E-state index contributed by atoms with van der Waals surface area (Å²) in [7, 11) is 0.